The number of nitrogens with zero attached hydrogens (tertiary/aromatic N) is 3. The van der Waals surface area contributed by atoms with Crippen molar-refractivity contribution in [2.75, 3.05) is 18.8 Å². The molecule has 2 aromatic rings. The van der Waals surface area contributed by atoms with Gasteiger partial charge in [0.05, 0.1) is 15.6 Å². The number of carbonyl (C=O) groups excluding carboxylic acids is 1. The van der Waals surface area contributed by atoms with Crippen molar-refractivity contribution < 1.29 is 22.9 Å². The third kappa shape index (κ3) is 5.23. The highest BCUT2D eigenvalue weighted by Gasteiger charge is 2.32. The fraction of sp³-hybridized carbons (Fsp3) is 0.450. The van der Waals surface area contributed by atoms with Gasteiger partial charge in [0, 0.05) is 5.56 Å². The highest BCUT2D eigenvalue weighted by Crippen LogP contribution is 2.37. The Morgan fingerprint density at radius 3 is 2.52 bits per heavy atom. The van der Waals surface area contributed by atoms with Crippen LogP contribution >= 0.6 is 0 Å². The van der Waals surface area contributed by atoms with Crippen LogP contribution in [0.2, 0.25) is 0 Å². The number of sulfone groups is 1. The van der Waals surface area contributed by atoms with E-state index in [1.165, 1.54) is 30.6 Å². The molecule has 166 valence electrons. The maximum Gasteiger partial charge on any atom is 0.320 e. The molecular weight excluding hydrogens is 424 g/mol. The van der Waals surface area contributed by atoms with E-state index in [0.29, 0.717) is 12.0 Å². The minimum atomic E-state index is -3.40. The summed E-state index contributed by atoms with van der Waals surface area (Å²) in [5.41, 5.74) is 0.0950. The Labute approximate surface area is 180 Å². The zero-order valence-corrected chi connectivity index (χ0v) is 17.9. The first-order valence-electron chi connectivity index (χ1n) is 9.99. The Morgan fingerprint density at radius 2 is 1.94 bits per heavy atom. The van der Waals surface area contributed by atoms with E-state index in [-0.39, 0.29) is 40.1 Å². The Kier molecular flexibility index (Phi) is 7.29. The molecule has 1 unspecified atom stereocenters. The lowest BCUT2D eigenvalue weighted by Gasteiger charge is -2.25. The van der Waals surface area contributed by atoms with Crippen LogP contribution in [-0.2, 0) is 19.4 Å². The fourth-order valence-electron chi connectivity index (χ4n) is 3.72. The molecule has 1 fully saturated rings. The monoisotopic (exact) mass is 448 g/mol. The van der Waals surface area contributed by atoms with Gasteiger partial charge in [0.1, 0.15) is 6.33 Å². The van der Waals surface area contributed by atoms with Gasteiger partial charge in [-0.1, -0.05) is 19.1 Å². The number of rotatable bonds is 9. The Bertz CT molecular complexity index is 1040. The van der Waals surface area contributed by atoms with Crippen LogP contribution in [0.5, 0.6) is 0 Å². The first-order chi connectivity index (χ1) is 14.9. The Morgan fingerprint density at radius 1 is 1.26 bits per heavy atom. The smallest absolute Gasteiger partial charge is 0.320 e. The standard InChI is InChI=1S/C20H24N4O6S/c1-2-31(28,29)16-5-3-15(4-6-16)18-20(24(26)27)19(23-12-22-18)17(30-13-25)11-14-7-9-21-10-8-14/h3-6,12-14,17,21H,2,7-11H2,1H3. The van der Waals surface area contributed by atoms with Gasteiger partial charge >= 0.3 is 5.69 Å². The second-order valence-electron chi connectivity index (χ2n) is 7.29. The lowest BCUT2D eigenvalue weighted by Crippen LogP contribution is -2.29. The van der Waals surface area contributed by atoms with Gasteiger partial charge in [-0.3, -0.25) is 14.9 Å². The largest absolute Gasteiger partial charge is 0.458 e. The normalized spacial score (nSPS) is 15.9. The zero-order chi connectivity index (χ0) is 22.4. The molecule has 1 atom stereocenters. The summed E-state index contributed by atoms with van der Waals surface area (Å²) in [4.78, 5) is 30.8. The number of hydrogen-bond acceptors (Lipinski definition) is 9. The van der Waals surface area contributed by atoms with Crippen molar-refractivity contribution in [3.8, 4) is 11.3 Å². The number of carbonyl (C=O) groups is 1. The quantitative estimate of drug-likeness (QED) is 0.348. The van der Waals surface area contributed by atoms with Crippen molar-refractivity contribution in [1.29, 1.82) is 0 Å². The molecule has 0 radical (unpaired) electrons. The van der Waals surface area contributed by atoms with E-state index in [1.54, 1.807) is 6.92 Å². The summed E-state index contributed by atoms with van der Waals surface area (Å²) in [6, 6.07) is 5.75. The summed E-state index contributed by atoms with van der Waals surface area (Å²) in [7, 11) is -3.40. The van der Waals surface area contributed by atoms with Gasteiger partial charge in [-0.25, -0.2) is 18.4 Å². The molecule has 1 saturated heterocycles. The minimum Gasteiger partial charge on any atom is -0.458 e. The van der Waals surface area contributed by atoms with Gasteiger partial charge in [0.15, 0.2) is 27.3 Å². The van der Waals surface area contributed by atoms with Gasteiger partial charge in [-0.05, 0) is 50.4 Å². The Balaban J connectivity index is 2.01. The van der Waals surface area contributed by atoms with E-state index < -0.39 is 20.9 Å². The lowest BCUT2D eigenvalue weighted by atomic mass is 9.90. The molecule has 0 bridgehead atoms. The molecule has 0 amide bonds. The molecule has 0 saturated carbocycles. The number of aromatic nitrogens is 2. The number of ether oxygens (including phenoxy) is 1. The van der Waals surface area contributed by atoms with Crippen LogP contribution in [-0.4, -0.2) is 48.6 Å². The second-order valence-corrected chi connectivity index (χ2v) is 9.57. The van der Waals surface area contributed by atoms with E-state index >= 15 is 0 Å². The molecule has 3 rings (SSSR count). The maximum absolute atomic E-state index is 12.0. The SMILES string of the molecule is CCS(=O)(=O)c1ccc(-c2ncnc(C(CC3CCNCC3)OC=O)c2[N+](=O)[O-])cc1. The predicted octanol–water partition coefficient (Wildman–Crippen LogP) is 2.45. The predicted molar refractivity (Wildman–Crippen MR) is 112 cm³/mol. The number of nitro groups is 1. The molecule has 1 aliphatic rings. The van der Waals surface area contributed by atoms with Gasteiger partial charge in [-0.15, -0.1) is 0 Å². The van der Waals surface area contributed by atoms with Crippen molar-refractivity contribution in [2.45, 2.75) is 37.2 Å². The molecule has 10 nitrogen and oxygen atoms in total. The molecule has 1 N–H and O–H groups in total. The summed E-state index contributed by atoms with van der Waals surface area (Å²) >= 11 is 0. The van der Waals surface area contributed by atoms with Crippen LogP contribution in [0.15, 0.2) is 35.5 Å². The second kappa shape index (κ2) is 9.92. The molecule has 2 heterocycles. The average Bonchev–Trinajstić information content (AvgIpc) is 2.79. The maximum atomic E-state index is 12.0. The zero-order valence-electron chi connectivity index (χ0n) is 17.1. The number of hydrogen-bond donors (Lipinski definition) is 1. The van der Waals surface area contributed by atoms with Crippen molar-refractivity contribution >= 4 is 22.0 Å². The van der Waals surface area contributed by atoms with Crippen LogP contribution in [0.1, 0.15) is 38.0 Å². The average molecular weight is 449 g/mol. The molecular formula is C20H24N4O6S. The van der Waals surface area contributed by atoms with E-state index in [1.807, 2.05) is 0 Å². The minimum absolute atomic E-state index is 0.0332. The Hall–Kier alpha value is -2.92. The molecule has 0 spiro atoms. The van der Waals surface area contributed by atoms with Crippen LogP contribution in [0, 0.1) is 16.0 Å². The van der Waals surface area contributed by atoms with E-state index in [2.05, 4.69) is 15.3 Å². The summed E-state index contributed by atoms with van der Waals surface area (Å²) in [5, 5.41) is 15.2. The highest BCUT2D eigenvalue weighted by molar-refractivity contribution is 7.91. The van der Waals surface area contributed by atoms with Crippen LogP contribution < -0.4 is 5.32 Å². The first-order valence-corrected chi connectivity index (χ1v) is 11.6. The molecule has 1 aromatic carbocycles. The van der Waals surface area contributed by atoms with E-state index in [4.69, 9.17) is 4.74 Å². The molecule has 1 aliphatic heterocycles. The molecule has 31 heavy (non-hydrogen) atoms. The number of benzene rings is 1. The van der Waals surface area contributed by atoms with Gasteiger partial charge in [0.2, 0.25) is 0 Å². The van der Waals surface area contributed by atoms with Crippen molar-refractivity contribution in [1.82, 2.24) is 15.3 Å². The van der Waals surface area contributed by atoms with E-state index in [9.17, 15) is 23.3 Å². The van der Waals surface area contributed by atoms with Crippen LogP contribution in [0.4, 0.5) is 5.69 Å². The number of nitrogens with one attached hydrogen (secondary N) is 1. The van der Waals surface area contributed by atoms with Gasteiger partial charge in [0.25, 0.3) is 6.47 Å². The first kappa shape index (κ1) is 22.8. The van der Waals surface area contributed by atoms with Crippen molar-refractivity contribution in [3.05, 3.63) is 46.4 Å². The lowest BCUT2D eigenvalue weighted by molar-refractivity contribution is -0.386. The number of piperidine rings is 1. The summed E-state index contributed by atoms with van der Waals surface area (Å²) in [5.74, 6) is 0.189. The third-order valence-corrected chi connectivity index (χ3v) is 7.18. The summed E-state index contributed by atoms with van der Waals surface area (Å²) < 4.78 is 29.3. The fourth-order valence-corrected chi connectivity index (χ4v) is 4.61. The van der Waals surface area contributed by atoms with Crippen molar-refractivity contribution in [2.24, 2.45) is 5.92 Å². The van der Waals surface area contributed by atoms with Crippen molar-refractivity contribution in [3.63, 3.8) is 0 Å². The topological polar surface area (TPSA) is 141 Å². The third-order valence-electron chi connectivity index (χ3n) is 5.43. The molecule has 11 heteroatoms. The van der Waals surface area contributed by atoms with Crippen LogP contribution in [0.3, 0.4) is 0 Å². The van der Waals surface area contributed by atoms with Gasteiger partial charge in [-0.2, -0.15) is 0 Å². The summed E-state index contributed by atoms with van der Waals surface area (Å²) in [6.07, 6.45) is 2.49. The molecule has 1 aromatic heterocycles. The van der Waals surface area contributed by atoms with E-state index in [0.717, 1.165) is 25.9 Å². The molecule has 0 aliphatic carbocycles. The highest BCUT2D eigenvalue weighted by atomic mass is 32.2. The summed E-state index contributed by atoms with van der Waals surface area (Å²) in [6.45, 7) is 3.49. The van der Waals surface area contributed by atoms with Gasteiger partial charge < -0.3 is 10.1 Å². The van der Waals surface area contributed by atoms with Crippen LogP contribution in [0.25, 0.3) is 11.3 Å².